The van der Waals surface area contributed by atoms with Gasteiger partial charge in [0.05, 0.1) is 11.8 Å². The van der Waals surface area contributed by atoms with Crippen LogP contribution < -0.4 is 4.90 Å². The molecule has 5 heteroatoms. The van der Waals surface area contributed by atoms with E-state index in [1.807, 2.05) is 13.0 Å². The Bertz CT molecular complexity index is 538. The number of rotatable bonds is 1. The van der Waals surface area contributed by atoms with Gasteiger partial charge in [-0.05, 0) is 25.8 Å². The molecule has 1 fully saturated rings. The number of carbonyl (C=O) groups excluding carboxylic acids is 2. The summed E-state index contributed by atoms with van der Waals surface area (Å²) in [5, 5.41) is 0. The Labute approximate surface area is 105 Å². The highest BCUT2D eigenvalue weighted by molar-refractivity contribution is 6.21. The standard InChI is InChI=1S/C13H13N3O2/c1-8-3-4-9-10(7-8)12(18)16(11(9)17)13-14-5-2-6-15-13/h2-3,5-6,9-10H,4,7H2,1H3/t9-,10+/m1/s1. The normalized spacial score (nSPS) is 27.2. The van der Waals surface area contributed by atoms with Crippen LogP contribution in [0.4, 0.5) is 5.95 Å². The van der Waals surface area contributed by atoms with Gasteiger partial charge >= 0.3 is 0 Å². The smallest absolute Gasteiger partial charge is 0.240 e. The van der Waals surface area contributed by atoms with Crippen molar-refractivity contribution in [2.24, 2.45) is 11.8 Å². The topological polar surface area (TPSA) is 63.2 Å². The van der Waals surface area contributed by atoms with Crippen molar-refractivity contribution in [3.63, 3.8) is 0 Å². The molecule has 1 aromatic rings. The van der Waals surface area contributed by atoms with Crippen LogP contribution in [-0.2, 0) is 9.59 Å². The molecule has 1 saturated heterocycles. The van der Waals surface area contributed by atoms with Gasteiger partial charge in [0, 0.05) is 12.4 Å². The zero-order valence-electron chi connectivity index (χ0n) is 10.0. The second-order valence-corrected chi connectivity index (χ2v) is 4.76. The van der Waals surface area contributed by atoms with Gasteiger partial charge in [0.1, 0.15) is 0 Å². The molecule has 0 bridgehead atoms. The Morgan fingerprint density at radius 2 is 1.83 bits per heavy atom. The van der Waals surface area contributed by atoms with Crippen molar-refractivity contribution in [2.45, 2.75) is 19.8 Å². The average Bonchev–Trinajstić information content (AvgIpc) is 2.63. The fraction of sp³-hybridized carbons (Fsp3) is 0.385. The monoisotopic (exact) mass is 243 g/mol. The predicted octanol–water partition coefficient (Wildman–Crippen LogP) is 1.32. The van der Waals surface area contributed by atoms with Gasteiger partial charge in [-0.2, -0.15) is 0 Å². The molecule has 1 aliphatic carbocycles. The van der Waals surface area contributed by atoms with E-state index in [4.69, 9.17) is 0 Å². The zero-order valence-corrected chi connectivity index (χ0v) is 10.0. The van der Waals surface area contributed by atoms with Crippen molar-refractivity contribution in [3.05, 3.63) is 30.1 Å². The van der Waals surface area contributed by atoms with Crippen molar-refractivity contribution < 1.29 is 9.59 Å². The first kappa shape index (κ1) is 11.1. The first-order valence-electron chi connectivity index (χ1n) is 5.99. The maximum Gasteiger partial charge on any atom is 0.240 e. The lowest BCUT2D eigenvalue weighted by Gasteiger charge is -2.18. The number of anilines is 1. The fourth-order valence-electron chi connectivity index (χ4n) is 2.64. The third-order valence-corrected chi connectivity index (χ3v) is 3.58. The Hall–Kier alpha value is -2.04. The molecular formula is C13H13N3O2. The van der Waals surface area contributed by atoms with E-state index in [1.165, 1.54) is 18.0 Å². The summed E-state index contributed by atoms with van der Waals surface area (Å²) in [5.74, 6) is -0.598. The van der Waals surface area contributed by atoms with Crippen LogP contribution in [0.1, 0.15) is 19.8 Å². The van der Waals surface area contributed by atoms with E-state index < -0.39 is 0 Å². The summed E-state index contributed by atoms with van der Waals surface area (Å²) in [6.45, 7) is 2.00. The molecule has 0 N–H and O–H groups in total. The third kappa shape index (κ3) is 1.54. The molecule has 92 valence electrons. The van der Waals surface area contributed by atoms with E-state index in [9.17, 15) is 9.59 Å². The zero-order chi connectivity index (χ0) is 12.7. The third-order valence-electron chi connectivity index (χ3n) is 3.58. The summed E-state index contributed by atoms with van der Waals surface area (Å²) in [6.07, 6.45) is 6.42. The Morgan fingerprint density at radius 1 is 1.17 bits per heavy atom. The highest BCUT2D eigenvalue weighted by Crippen LogP contribution is 2.38. The molecule has 1 aliphatic heterocycles. The molecule has 0 spiro atoms. The van der Waals surface area contributed by atoms with Gasteiger partial charge in [-0.1, -0.05) is 11.6 Å². The van der Waals surface area contributed by atoms with Crippen molar-refractivity contribution in [2.75, 3.05) is 4.90 Å². The fourth-order valence-corrected chi connectivity index (χ4v) is 2.64. The van der Waals surface area contributed by atoms with Crippen molar-refractivity contribution in [1.29, 1.82) is 0 Å². The maximum absolute atomic E-state index is 12.3. The van der Waals surface area contributed by atoms with Crippen molar-refractivity contribution in [3.8, 4) is 0 Å². The Morgan fingerprint density at radius 3 is 2.56 bits per heavy atom. The van der Waals surface area contributed by atoms with Crippen LogP contribution in [-0.4, -0.2) is 21.8 Å². The van der Waals surface area contributed by atoms with E-state index >= 15 is 0 Å². The number of nitrogens with zero attached hydrogens (tertiary/aromatic N) is 3. The van der Waals surface area contributed by atoms with Crippen LogP contribution in [0, 0.1) is 11.8 Å². The van der Waals surface area contributed by atoms with Gasteiger partial charge < -0.3 is 0 Å². The summed E-state index contributed by atoms with van der Waals surface area (Å²) < 4.78 is 0. The van der Waals surface area contributed by atoms with E-state index in [2.05, 4.69) is 9.97 Å². The van der Waals surface area contributed by atoms with E-state index in [1.54, 1.807) is 6.07 Å². The molecule has 2 atom stereocenters. The second-order valence-electron chi connectivity index (χ2n) is 4.76. The molecule has 3 rings (SSSR count). The van der Waals surface area contributed by atoms with E-state index in [0.717, 1.165) is 4.90 Å². The van der Waals surface area contributed by atoms with Gasteiger partial charge in [0.25, 0.3) is 0 Å². The number of fused-ring (bicyclic) bond motifs is 1. The van der Waals surface area contributed by atoms with Gasteiger partial charge in [-0.3, -0.25) is 9.59 Å². The van der Waals surface area contributed by atoms with Crippen LogP contribution in [0.2, 0.25) is 0 Å². The first-order valence-corrected chi connectivity index (χ1v) is 5.99. The lowest BCUT2D eigenvalue weighted by Crippen LogP contribution is -2.32. The Balaban J connectivity index is 1.96. The SMILES string of the molecule is CC1=CC[C@H]2C(=O)N(c3ncccn3)C(=O)[C@H]2C1. The molecule has 18 heavy (non-hydrogen) atoms. The summed E-state index contributed by atoms with van der Waals surface area (Å²) in [7, 11) is 0. The van der Waals surface area contributed by atoms with Gasteiger partial charge in [0.2, 0.25) is 17.8 Å². The average molecular weight is 243 g/mol. The molecule has 5 nitrogen and oxygen atoms in total. The minimum Gasteiger partial charge on any atom is -0.274 e. The summed E-state index contributed by atoms with van der Waals surface area (Å²) in [5.41, 5.74) is 1.17. The van der Waals surface area contributed by atoms with Crippen LogP contribution in [0.3, 0.4) is 0 Å². The molecule has 2 aliphatic rings. The van der Waals surface area contributed by atoms with Crippen molar-refractivity contribution in [1.82, 2.24) is 9.97 Å². The van der Waals surface area contributed by atoms with Gasteiger partial charge in [-0.15, -0.1) is 0 Å². The molecule has 0 saturated carbocycles. The number of hydrogen-bond acceptors (Lipinski definition) is 4. The van der Waals surface area contributed by atoms with Crippen LogP contribution >= 0.6 is 0 Å². The van der Waals surface area contributed by atoms with Crippen LogP contribution in [0.5, 0.6) is 0 Å². The number of amides is 2. The molecule has 0 aromatic carbocycles. The first-order chi connectivity index (χ1) is 8.68. The minimum atomic E-state index is -0.231. The van der Waals surface area contributed by atoms with E-state index in [0.29, 0.717) is 12.8 Å². The predicted molar refractivity (Wildman–Crippen MR) is 64.5 cm³/mol. The highest BCUT2D eigenvalue weighted by Gasteiger charge is 2.49. The lowest BCUT2D eigenvalue weighted by molar-refractivity contribution is -0.122. The number of aromatic nitrogens is 2. The second kappa shape index (κ2) is 4.01. The number of hydrogen-bond donors (Lipinski definition) is 0. The van der Waals surface area contributed by atoms with Gasteiger partial charge in [-0.25, -0.2) is 14.9 Å². The Kier molecular flexibility index (Phi) is 2.47. The number of carbonyl (C=O) groups is 2. The summed E-state index contributed by atoms with van der Waals surface area (Å²) in [4.78, 5) is 33.7. The highest BCUT2D eigenvalue weighted by atomic mass is 16.2. The number of allylic oxidation sites excluding steroid dienone is 2. The maximum atomic E-state index is 12.3. The minimum absolute atomic E-state index is 0.163. The largest absolute Gasteiger partial charge is 0.274 e. The van der Waals surface area contributed by atoms with E-state index in [-0.39, 0.29) is 29.6 Å². The quantitative estimate of drug-likeness (QED) is 0.551. The lowest BCUT2D eigenvalue weighted by atomic mass is 9.82. The summed E-state index contributed by atoms with van der Waals surface area (Å²) >= 11 is 0. The molecule has 1 aromatic heterocycles. The molecule has 0 radical (unpaired) electrons. The van der Waals surface area contributed by atoms with Crippen LogP contribution in [0.25, 0.3) is 0 Å². The molecular weight excluding hydrogens is 230 g/mol. The number of imide groups is 1. The molecule has 0 unspecified atom stereocenters. The molecule has 2 amide bonds. The van der Waals surface area contributed by atoms with Crippen molar-refractivity contribution >= 4 is 17.8 Å². The van der Waals surface area contributed by atoms with Crippen LogP contribution in [0.15, 0.2) is 30.1 Å². The summed E-state index contributed by atoms with van der Waals surface area (Å²) in [6, 6.07) is 1.66. The van der Waals surface area contributed by atoms with Gasteiger partial charge in [0.15, 0.2) is 0 Å². The molecule has 2 heterocycles.